The maximum absolute atomic E-state index is 12.1. The van der Waals surface area contributed by atoms with Gasteiger partial charge in [-0.05, 0) is 60.5 Å². The molecular weight excluding hydrogens is 444 g/mol. The summed E-state index contributed by atoms with van der Waals surface area (Å²) in [4.78, 5) is 26.8. The van der Waals surface area contributed by atoms with Crippen molar-refractivity contribution in [2.75, 3.05) is 23.7 Å². The Bertz CT molecular complexity index is 1030. The molecule has 33 heavy (non-hydrogen) atoms. The lowest BCUT2D eigenvalue weighted by molar-refractivity contribution is -0.115. The van der Waals surface area contributed by atoms with E-state index in [1.54, 1.807) is 12.3 Å². The van der Waals surface area contributed by atoms with Gasteiger partial charge in [0.15, 0.2) is 0 Å². The number of carbonyl (C=O) groups excluding carboxylic acids is 2. The number of nitrogens with one attached hydrogen (secondary N) is 3. The highest BCUT2D eigenvalue weighted by Crippen LogP contribution is 2.26. The van der Waals surface area contributed by atoms with Crippen LogP contribution in [0.15, 0.2) is 66.9 Å². The fourth-order valence-corrected chi connectivity index (χ4v) is 3.16. The number of aliphatic hydroxyl groups excluding tert-OH is 1. The molecule has 0 spiro atoms. The molecule has 0 aliphatic rings. The highest BCUT2D eigenvalue weighted by molar-refractivity contribution is 5.92. The average molecular weight is 471 g/mol. The number of aliphatic hydroxyl groups is 1. The summed E-state index contributed by atoms with van der Waals surface area (Å²) < 4.78 is 0. The van der Waals surface area contributed by atoms with Crippen molar-refractivity contribution in [2.45, 2.75) is 18.9 Å². The second kappa shape index (κ2) is 13.2. The van der Waals surface area contributed by atoms with Crippen molar-refractivity contribution in [1.29, 1.82) is 0 Å². The molecule has 174 valence electrons. The second-order valence-electron chi connectivity index (χ2n) is 7.25. The number of carbonyl (C=O) groups is 2. The van der Waals surface area contributed by atoms with Crippen LogP contribution in [0.5, 0.6) is 5.75 Å². The van der Waals surface area contributed by atoms with E-state index in [9.17, 15) is 19.8 Å². The number of benzene rings is 2. The molecule has 2 amide bonds. The number of aromatic hydroxyl groups is 1. The fraction of sp³-hybridized carbons (Fsp3) is 0.208. The summed E-state index contributed by atoms with van der Waals surface area (Å²) in [7, 11) is 0. The number of halogens is 1. The highest BCUT2D eigenvalue weighted by atomic mass is 35.5. The Balaban J connectivity index is 0.00000385. The molecule has 1 heterocycles. The summed E-state index contributed by atoms with van der Waals surface area (Å²) in [6.07, 6.45) is 2.34. The number of hydrogen-bond acceptors (Lipinski definition) is 6. The summed E-state index contributed by atoms with van der Waals surface area (Å²) >= 11 is 0. The van der Waals surface area contributed by atoms with Crippen LogP contribution in [0, 0.1) is 0 Å². The zero-order valence-corrected chi connectivity index (χ0v) is 18.7. The highest BCUT2D eigenvalue weighted by Gasteiger charge is 2.10. The van der Waals surface area contributed by atoms with Gasteiger partial charge in [0.05, 0.1) is 18.2 Å². The van der Waals surface area contributed by atoms with E-state index >= 15 is 0 Å². The molecule has 8 nitrogen and oxygen atoms in total. The minimum Gasteiger partial charge on any atom is -0.506 e. The van der Waals surface area contributed by atoms with E-state index in [-0.39, 0.29) is 36.2 Å². The van der Waals surface area contributed by atoms with Gasteiger partial charge in [-0.2, -0.15) is 0 Å². The Hall–Kier alpha value is -3.46. The van der Waals surface area contributed by atoms with Crippen LogP contribution in [0.3, 0.4) is 0 Å². The monoisotopic (exact) mass is 470 g/mol. The summed E-state index contributed by atoms with van der Waals surface area (Å²) in [5.41, 5.74) is 3.38. The van der Waals surface area contributed by atoms with Crippen LogP contribution in [-0.4, -0.2) is 40.6 Å². The maximum atomic E-state index is 12.1. The molecular formula is C24H27ClN4O4. The van der Waals surface area contributed by atoms with Crippen LogP contribution >= 0.6 is 12.4 Å². The SMILES string of the molecule is Cl.O=CNc1cc(C(O)CNCCc2ccc(NC(=O)Cc3ccccn3)cc2)ccc1O. The number of hydrogen-bond donors (Lipinski definition) is 5. The molecule has 0 saturated carbocycles. The van der Waals surface area contributed by atoms with Crippen LogP contribution in [0.25, 0.3) is 0 Å². The van der Waals surface area contributed by atoms with E-state index in [4.69, 9.17) is 0 Å². The van der Waals surface area contributed by atoms with Gasteiger partial charge in [-0.15, -0.1) is 12.4 Å². The van der Waals surface area contributed by atoms with E-state index in [0.29, 0.717) is 25.1 Å². The molecule has 2 aromatic carbocycles. The molecule has 0 saturated heterocycles. The standard InChI is InChI=1S/C24H26N4O4.ClH/c29-16-27-21-13-18(6-9-22(21)30)23(31)15-25-12-10-17-4-7-19(8-5-17)28-24(32)14-20-3-1-2-11-26-20;/h1-9,11,13,16,23,25,30-31H,10,12,14-15H2,(H,27,29)(H,28,32);1H. The van der Waals surface area contributed by atoms with Crippen LogP contribution in [0.1, 0.15) is 22.9 Å². The van der Waals surface area contributed by atoms with Crippen molar-refractivity contribution in [3.05, 3.63) is 83.7 Å². The van der Waals surface area contributed by atoms with E-state index in [0.717, 1.165) is 23.4 Å². The summed E-state index contributed by atoms with van der Waals surface area (Å²) in [6, 6.07) is 17.7. The summed E-state index contributed by atoms with van der Waals surface area (Å²) in [5, 5.41) is 28.5. The average Bonchev–Trinajstić information content (AvgIpc) is 2.80. The van der Waals surface area contributed by atoms with Gasteiger partial charge >= 0.3 is 0 Å². The maximum Gasteiger partial charge on any atom is 0.230 e. The number of nitrogens with zero attached hydrogens (tertiary/aromatic N) is 1. The lowest BCUT2D eigenvalue weighted by Gasteiger charge is -2.14. The first-order valence-corrected chi connectivity index (χ1v) is 10.3. The summed E-state index contributed by atoms with van der Waals surface area (Å²) in [5.74, 6) is -0.176. The number of phenolic OH excluding ortho intramolecular Hbond substituents is 1. The van der Waals surface area contributed by atoms with Crippen LogP contribution in [0.2, 0.25) is 0 Å². The van der Waals surface area contributed by atoms with Gasteiger partial charge in [0.1, 0.15) is 5.75 Å². The molecule has 0 aliphatic heterocycles. The minimum absolute atomic E-state index is 0. The number of amides is 2. The molecule has 1 unspecified atom stereocenters. The van der Waals surface area contributed by atoms with Crippen molar-refractivity contribution in [1.82, 2.24) is 10.3 Å². The minimum atomic E-state index is -0.778. The van der Waals surface area contributed by atoms with Crippen molar-refractivity contribution in [3.8, 4) is 5.75 Å². The van der Waals surface area contributed by atoms with Gasteiger partial charge in [0, 0.05) is 24.1 Å². The molecule has 0 fully saturated rings. The first-order chi connectivity index (χ1) is 15.5. The van der Waals surface area contributed by atoms with Gasteiger partial charge in [-0.3, -0.25) is 14.6 Å². The molecule has 0 aliphatic carbocycles. The van der Waals surface area contributed by atoms with Crippen LogP contribution < -0.4 is 16.0 Å². The Kier molecular flexibility index (Phi) is 10.3. The van der Waals surface area contributed by atoms with Gasteiger partial charge in [0.2, 0.25) is 12.3 Å². The Morgan fingerprint density at radius 3 is 2.58 bits per heavy atom. The fourth-order valence-electron chi connectivity index (χ4n) is 3.16. The molecule has 3 aromatic rings. The first-order valence-electron chi connectivity index (χ1n) is 10.3. The number of phenols is 1. The Morgan fingerprint density at radius 1 is 1.09 bits per heavy atom. The van der Waals surface area contributed by atoms with Crippen LogP contribution in [0.4, 0.5) is 11.4 Å². The van der Waals surface area contributed by atoms with E-state index in [1.165, 1.54) is 12.1 Å². The van der Waals surface area contributed by atoms with Crippen molar-refractivity contribution < 1.29 is 19.8 Å². The van der Waals surface area contributed by atoms with Crippen molar-refractivity contribution in [2.24, 2.45) is 0 Å². The number of aromatic nitrogens is 1. The quantitative estimate of drug-likeness (QED) is 0.167. The smallest absolute Gasteiger partial charge is 0.230 e. The van der Waals surface area contributed by atoms with Gasteiger partial charge in [-0.25, -0.2) is 0 Å². The lowest BCUT2D eigenvalue weighted by atomic mass is 10.1. The van der Waals surface area contributed by atoms with Gasteiger partial charge in [-0.1, -0.05) is 24.3 Å². The van der Waals surface area contributed by atoms with Crippen LogP contribution in [-0.2, 0) is 22.4 Å². The third-order valence-corrected chi connectivity index (χ3v) is 4.85. The summed E-state index contributed by atoms with van der Waals surface area (Å²) in [6.45, 7) is 0.979. The molecule has 0 bridgehead atoms. The third-order valence-electron chi connectivity index (χ3n) is 4.85. The van der Waals surface area contributed by atoms with E-state index in [1.807, 2.05) is 42.5 Å². The molecule has 9 heteroatoms. The molecule has 5 N–H and O–H groups in total. The number of rotatable bonds is 11. The Labute approximate surface area is 198 Å². The van der Waals surface area contributed by atoms with Gasteiger partial charge < -0.3 is 26.2 Å². The number of anilines is 2. The zero-order chi connectivity index (χ0) is 22.8. The third kappa shape index (κ3) is 8.19. The topological polar surface area (TPSA) is 124 Å². The molecule has 3 rings (SSSR count). The number of pyridine rings is 1. The normalized spacial score (nSPS) is 11.2. The first kappa shape index (κ1) is 25.8. The molecule has 1 atom stereocenters. The van der Waals surface area contributed by atoms with Crippen molar-refractivity contribution >= 4 is 36.1 Å². The van der Waals surface area contributed by atoms with Gasteiger partial charge in [0.25, 0.3) is 0 Å². The molecule has 1 aromatic heterocycles. The predicted octanol–water partition coefficient (Wildman–Crippen LogP) is 2.82. The molecule has 0 radical (unpaired) electrons. The lowest BCUT2D eigenvalue weighted by Crippen LogP contribution is -2.23. The van der Waals surface area contributed by atoms with E-state index in [2.05, 4.69) is 20.9 Å². The second-order valence-corrected chi connectivity index (χ2v) is 7.25. The van der Waals surface area contributed by atoms with Crippen molar-refractivity contribution in [3.63, 3.8) is 0 Å². The predicted molar refractivity (Wildman–Crippen MR) is 130 cm³/mol. The van der Waals surface area contributed by atoms with E-state index < -0.39 is 6.10 Å². The zero-order valence-electron chi connectivity index (χ0n) is 17.9. The largest absolute Gasteiger partial charge is 0.506 e. The Morgan fingerprint density at radius 2 is 1.88 bits per heavy atom.